The number of hydrogen-bond acceptors (Lipinski definition) is 3. The molecule has 1 rings (SSSR count). The number of aliphatic imine (C=N–C) groups is 1. The number of guanidine groups is 1. The second-order valence-electron chi connectivity index (χ2n) is 6.61. The highest BCUT2D eigenvalue weighted by atomic mass is 127. The maximum atomic E-state index is 11.8. The summed E-state index contributed by atoms with van der Waals surface area (Å²) in [6, 6.07) is 4.45. The smallest absolute Gasteiger partial charge is 0.221 e. The first-order valence-electron chi connectivity index (χ1n) is 8.74. The molecule has 0 spiro atoms. The van der Waals surface area contributed by atoms with Crippen molar-refractivity contribution in [1.82, 2.24) is 16.0 Å². The third kappa shape index (κ3) is 9.44. The fourth-order valence-corrected chi connectivity index (χ4v) is 2.95. The minimum atomic E-state index is 0. The van der Waals surface area contributed by atoms with E-state index >= 15 is 0 Å². The van der Waals surface area contributed by atoms with Crippen LogP contribution in [0.4, 0.5) is 0 Å². The predicted octanol–water partition coefficient (Wildman–Crippen LogP) is 3.50. The molecule has 3 N–H and O–H groups in total. The zero-order valence-corrected chi connectivity index (χ0v) is 19.2. The van der Waals surface area contributed by atoms with Gasteiger partial charge in [-0.25, -0.2) is 0 Å². The van der Waals surface area contributed by atoms with E-state index in [0.29, 0.717) is 19.5 Å². The van der Waals surface area contributed by atoms with Gasteiger partial charge in [-0.05, 0) is 31.7 Å². The molecule has 0 saturated carbocycles. The van der Waals surface area contributed by atoms with Crippen LogP contribution in [0.2, 0.25) is 0 Å². The Morgan fingerprint density at radius 2 is 2.04 bits per heavy atom. The number of amides is 1. The van der Waals surface area contributed by atoms with Crippen LogP contribution < -0.4 is 16.0 Å². The summed E-state index contributed by atoms with van der Waals surface area (Å²) < 4.78 is 0. The summed E-state index contributed by atoms with van der Waals surface area (Å²) in [5.41, 5.74) is 0.00442. The van der Waals surface area contributed by atoms with Crippen molar-refractivity contribution < 1.29 is 4.79 Å². The normalized spacial score (nSPS) is 12.9. The van der Waals surface area contributed by atoms with Crippen molar-refractivity contribution in [3.63, 3.8) is 0 Å². The number of nitrogens with one attached hydrogen (secondary N) is 3. The van der Waals surface area contributed by atoms with Gasteiger partial charge in [-0.3, -0.25) is 9.79 Å². The summed E-state index contributed by atoms with van der Waals surface area (Å²) in [7, 11) is 0. The average Bonchev–Trinajstić information content (AvgIpc) is 3.07. The van der Waals surface area contributed by atoms with E-state index in [-0.39, 0.29) is 41.3 Å². The molecule has 1 aromatic rings. The standard InChI is InChI=1S/C18H32N4OS.HI/c1-6-14(3)22-16(23)10-11-20-17(19-7-2)21-13-18(4,5)15-9-8-12-24-15;/h8-9,12,14H,6-7,10-11,13H2,1-5H3,(H,22,23)(H2,19,20,21);1H. The lowest BCUT2D eigenvalue weighted by Gasteiger charge is -2.22. The van der Waals surface area contributed by atoms with Crippen LogP contribution >= 0.6 is 35.3 Å². The molecule has 1 aromatic heterocycles. The first-order valence-corrected chi connectivity index (χ1v) is 9.62. The summed E-state index contributed by atoms with van der Waals surface area (Å²) in [6.45, 7) is 12.6. The highest BCUT2D eigenvalue weighted by Crippen LogP contribution is 2.27. The number of halogens is 1. The maximum Gasteiger partial charge on any atom is 0.221 e. The first kappa shape index (κ1) is 24.2. The molecule has 0 bridgehead atoms. The van der Waals surface area contributed by atoms with Gasteiger partial charge >= 0.3 is 0 Å². The molecule has 0 aromatic carbocycles. The third-order valence-corrected chi connectivity index (χ3v) is 5.06. The molecule has 5 nitrogen and oxygen atoms in total. The van der Waals surface area contributed by atoms with Crippen molar-refractivity contribution >= 4 is 47.2 Å². The lowest BCUT2D eigenvalue weighted by atomic mass is 9.92. The molecule has 0 aliphatic rings. The lowest BCUT2D eigenvalue weighted by molar-refractivity contribution is -0.121. The molecule has 0 aliphatic heterocycles. The lowest BCUT2D eigenvalue weighted by Crippen LogP contribution is -2.41. The number of carbonyl (C=O) groups excluding carboxylic acids is 1. The van der Waals surface area contributed by atoms with E-state index in [1.54, 1.807) is 11.3 Å². The zero-order valence-electron chi connectivity index (χ0n) is 16.0. The minimum Gasteiger partial charge on any atom is -0.357 e. The topological polar surface area (TPSA) is 65.5 Å². The van der Waals surface area contributed by atoms with E-state index in [4.69, 9.17) is 0 Å². The second kappa shape index (κ2) is 12.5. The van der Waals surface area contributed by atoms with Gasteiger partial charge < -0.3 is 16.0 Å². The van der Waals surface area contributed by atoms with Crippen molar-refractivity contribution in [2.45, 2.75) is 58.9 Å². The predicted molar refractivity (Wildman–Crippen MR) is 119 cm³/mol. The first-order chi connectivity index (χ1) is 11.4. The molecule has 0 radical (unpaired) electrons. The zero-order chi connectivity index (χ0) is 18.0. The van der Waals surface area contributed by atoms with Crippen LogP contribution in [0.1, 0.15) is 52.3 Å². The quantitative estimate of drug-likeness (QED) is 0.288. The van der Waals surface area contributed by atoms with Crippen LogP contribution in [0.25, 0.3) is 0 Å². The summed E-state index contributed by atoms with van der Waals surface area (Å²) in [4.78, 5) is 17.8. The fraction of sp³-hybridized carbons (Fsp3) is 0.667. The summed E-state index contributed by atoms with van der Waals surface area (Å²) in [6.07, 6.45) is 1.39. The molecular weight excluding hydrogens is 447 g/mol. The van der Waals surface area contributed by atoms with E-state index in [1.165, 1.54) is 4.88 Å². The van der Waals surface area contributed by atoms with Crippen LogP contribution in [0.15, 0.2) is 22.5 Å². The van der Waals surface area contributed by atoms with Gasteiger partial charge in [-0.1, -0.05) is 26.8 Å². The van der Waals surface area contributed by atoms with Gasteiger partial charge in [0, 0.05) is 35.8 Å². The van der Waals surface area contributed by atoms with Crippen molar-refractivity contribution in [1.29, 1.82) is 0 Å². The molecule has 1 heterocycles. The Morgan fingerprint density at radius 1 is 1.32 bits per heavy atom. The highest BCUT2D eigenvalue weighted by Gasteiger charge is 2.21. The van der Waals surface area contributed by atoms with E-state index < -0.39 is 0 Å². The van der Waals surface area contributed by atoms with Crippen LogP contribution in [0, 0.1) is 0 Å². The van der Waals surface area contributed by atoms with Crippen LogP contribution in [-0.2, 0) is 10.2 Å². The van der Waals surface area contributed by atoms with Crippen molar-refractivity contribution in [3.05, 3.63) is 22.4 Å². The molecule has 1 unspecified atom stereocenters. The molecule has 0 fully saturated rings. The Bertz CT molecular complexity index is 517. The third-order valence-electron chi connectivity index (χ3n) is 3.83. The number of hydrogen-bond donors (Lipinski definition) is 3. The monoisotopic (exact) mass is 480 g/mol. The van der Waals surface area contributed by atoms with Gasteiger partial charge in [-0.15, -0.1) is 35.3 Å². The molecule has 7 heteroatoms. The van der Waals surface area contributed by atoms with E-state index in [9.17, 15) is 4.79 Å². The van der Waals surface area contributed by atoms with Crippen molar-refractivity contribution in [2.75, 3.05) is 19.6 Å². The maximum absolute atomic E-state index is 11.8. The van der Waals surface area contributed by atoms with Gasteiger partial charge in [0.15, 0.2) is 5.96 Å². The molecule has 144 valence electrons. The molecule has 1 atom stereocenters. The van der Waals surface area contributed by atoms with Crippen molar-refractivity contribution in [2.24, 2.45) is 4.99 Å². The Balaban J connectivity index is 0.00000576. The Morgan fingerprint density at radius 3 is 2.60 bits per heavy atom. The SMILES string of the molecule is CCNC(=NCC(C)(C)c1cccs1)NCCC(=O)NC(C)CC.I. The van der Waals surface area contributed by atoms with Gasteiger partial charge in [0.1, 0.15) is 0 Å². The molecular formula is C18H33IN4OS. The van der Waals surface area contributed by atoms with Crippen LogP contribution in [-0.4, -0.2) is 37.5 Å². The number of nitrogens with zero attached hydrogens (tertiary/aromatic N) is 1. The largest absolute Gasteiger partial charge is 0.357 e. The Hall–Kier alpha value is -0.830. The average molecular weight is 480 g/mol. The minimum absolute atomic E-state index is 0. The molecule has 25 heavy (non-hydrogen) atoms. The number of carbonyl (C=O) groups is 1. The van der Waals surface area contributed by atoms with E-state index in [1.807, 2.05) is 13.8 Å². The molecule has 1 amide bonds. The van der Waals surface area contributed by atoms with Gasteiger partial charge in [0.05, 0.1) is 6.54 Å². The number of rotatable bonds is 9. The van der Waals surface area contributed by atoms with Gasteiger partial charge in [-0.2, -0.15) is 0 Å². The van der Waals surface area contributed by atoms with Gasteiger partial charge in [0.2, 0.25) is 5.91 Å². The second-order valence-corrected chi connectivity index (χ2v) is 7.56. The molecule has 0 aliphatic carbocycles. The molecule has 0 saturated heterocycles. The van der Waals surface area contributed by atoms with E-state index in [0.717, 1.165) is 18.9 Å². The summed E-state index contributed by atoms with van der Waals surface area (Å²) in [5, 5.41) is 11.5. The fourth-order valence-electron chi connectivity index (χ4n) is 2.10. The van der Waals surface area contributed by atoms with Crippen LogP contribution in [0.3, 0.4) is 0 Å². The highest BCUT2D eigenvalue weighted by molar-refractivity contribution is 14.0. The van der Waals surface area contributed by atoms with E-state index in [2.05, 4.69) is 59.2 Å². The van der Waals surface area contributed by atoms with Crippen LogP contribution in [0.5, 0.6) is 0 Å². The Labute approximate surface area is 173 Å². The Kier molecular flexibility index (Phi) is 12.1. The summed E-state index contributed by atoms with van der Waals surface area (Å²) >= 11 is 1.76. The van der Waals surface area contributed by atoms with Gasteiger partial charge in [0.25, 0.3) is 0 Å². The number of thiophene rings is 1. The van der Waals surface area contributed by atoms with Crippen molar-refractivity contribution in [3.8, 4) is 0 Å². The summed E-state index contributed by atoms with van der Waals surface area (Å²) in [5.74, 6) is 0.838.